The monoisotopic (exact) mass is 334 g/mol. The zero-order valence-electron chi connectivity index (χ0n) is 11.5. The number of carbonyl (C=O) groups is 1. The van der Waals surface area contributed by atoms with E-state index in [1.165, 1.54) is 24.3 Å². The van der Waals surface area contributed by atoms with Gasteiger partial charge in [0.2, 0.25) is 5.78 Å². The molecule has 0 amide bonds. The third-order valence-corrected chi connectivity index (χ3v) is 4.61. The predicted molar refractivity (Wildman–Crippen MR) is 84.2 cm³/mol. The molecule has 0 N–H and O–H groups in total. The van der Waals surface area contributed by atoms with Crippen molar-refractivity contribution in [3.8, 4) is 0 Å². The molecule has 0 bridgehead atoms. The fourth-order valence-electron chi connectivity index (χ4n) is 2.12. The summed E-state index contributed by atoms with van der Waals surface area (Å²) in [5, 5.41) is 1.30. The normalized spacial score (nSPS) is 11.7. The highest BCUT2D eigenvalue weighted by Crippen LogP contribution is 2.24. The number of carbonyl (C=O) groups excluding carboxylic acids is 1. The van der Waals surface area contributed by atoms with Crippen molar-refractivity contribution < 1.29 is 17.6 Å². The zero-order valence-corrected chi connectivity index (χ0v) is 13.1. The number of hydrogen-bond acceptors (Lipinski definition) is 4. The van der Waals surface area contributed by atoms with Crippen molar-refractivity contribution in [1.29, 1.82) is 0 Å². The van der Waals surface area contributed by atoms with Crippen LogP contribution in [0, 0.1) is 0 Å². The van der Waals surface area contributed by atoms with E-state index in [1.807, 2.05) is 0 Å². The Bertz CT molecular complexity index is 969. The maximum Gasteiger partial charge on any atom is 0.228 e. The van der Waals surface area contributed by atoms with Crippen molar-refractivity contribution >= 4 is 38.2 Å². The summed E-state index contributed by atoms with van der Waals surface area (Å²) in [4.78, 5) is 12.6. The fraction of sp³-hybridized carbons (Fsp3) is 0.0625. The topological polar surface area (TPSA) is 64.3 Å². The highest BCUT2D eigenvalue weighted by molar-refractivity contribution is 7.90. The van der Waals surface area contributed by atoms with Gasteiger partial charge in [0.1, 0.15) is 5.58 Å². The second kappa shape index (κ2) is 5.26. The molecule has 0 radical (unpaired) electrons. The highest BCUT2D eigenvalue weighted by atomic mass is 35.5. The molecule has 4 nitrogen and oxygen atoms in total. The van der Waals surface area contributed by atoms with Crippen LogP contribution in [-0.4, -0.2) is 20.5 Å². The average molecular weight is 335 g/mol. The Morgan fingerprint density at radius 3 is 2.36 bits per heavy atom. The SMILES string of the molecule is CS(=O)(=O)c1ccc(C(=O)c2cc3cc(Cl)ccc3o2)cc1. The Balaban J connectivity index is 1.98. The molecular formula is C16H11ClO4S. The maximum absolute atomic E-state index is 12.4. The van der Waals surface area contributed by atoms with E-state index >= 15 is 0 Å². The quantitative estimate of drug-likeness (QED) is 0.685. The zero-order chi connectivity index (χ0) is 15.9. The summed E-state index contributed by atoms with van der Waals surface area (Å²) < 4.78 is 28.3. The van der Waals surface area contributed by atoms with Crippen LogP contribution in [0.15, 0.2) is 57.8 Å². The molecule has 0 aliphatic rings. The van der Waals surface area contributed by atoms with Crippen LogP contribution in [0.5, 0.6) is 0 Å². The minimum atomic E-state index is -3.28. The van der Waals surface area contributed by atoms with Gasteiger partial charge in [0.25, 0.3) is 0 Å². The molecule has 0 fully saturated rings. The van der Waals surface area contributed by atoms with Crippen LogP contribution < -0.4 is 0 Å². The number of fused-ring (bicyclic) bond motifs is 1. The van der Waals surface area contributed by atoms with E-state index in [1.54, 1.807) is 24.3 Å². The lowest BCUT2D eigenvalue weighted by Crippen LogP contribution is -2.01. The Morgan fingerprint density at radius 2 is 1.73 bits per heavy atom. The lowest BCUT2D eigenvalue weighted by molar-refractivity contribution is 0.101. The third kappa shape index (κ3) is 2.77. The van der Waals surface area contributed by atoms with Gasteiger partial charge in [0.05, 0.1) is 4.90 Å². The van der Waals surface area contributed by atoms with E-state index in [0.717, 1.165) is 11.6 Å². The van der Waals surface area contributed by atoms with E-state index in [0.29, 0.717) is 16.2 Å². The van der Waals surface area contributed by atoms with Crippen LogP contribution in [-0.2, 0) is 9.84 Å². The number of halogens is 1. The second-order valence-corrected chi connectivity index (χ2v) is 7.37. The molecule has 3 aromatic rings. The van der Waals surface area contributed by atoms with Gasteiger partial charge in [-0.15, -0.1) is 0 Å². The number of furan rings is 1. The van der Waals surface area contributed by atoms with E-state index < -0.39 is 9.84 Å². The van der Waals surface area contributed by atoms with Crippen molar-refractivity contribution in [3.63, 3.8) is 0 Å². The summed E-state index contributed by atoms with van der Waals surface area (Å²) in [6.45, 7) is 0. The van der Waals surface area contributed by atoms with E-state index in [2.05, 4.69) is 0 Å². The predicted octanol–water partition coefficient (Wildman–Crippen LogP) is 3.72. The van der Waals surface area contributed by atoms with Gasteiger partial charge >= 0.3 is 0 Å². The average Bonchev–Trinajstić information content (AvgIpc) is 2.88. The first-order valence-corrected chi connectivity index (χ1v) is 8.65. The minimum absolute atomic E-state index is 0.167. The number of benzene rings is 2. The minimum Gasteiger partial charge on any atom is -0.453 e. The first-order valence-electron chi connectivity index (χ1n) is 6.38. The molecule has 6 heteroatoms. The molecule has 0 saturated heterocycles. The number of sulfone groups is 1. The first-order chi connectivity index (χ1) is 10.3. The standard InChI is InChI=1S/C16H11ClO4S/c1-22(19,20)13-5-2-10(3-6-13)16(18)15-9-11-8-12(17)4-7-14(11)21-15/h2-9H,1H3. The molecule has 2 aromatic carbocycles. The van der Waals surface area contributed by atoms with E-state index in [9.17, 15) is 13.2 Å². The van der Waals surface area contributed by atoms with Gasteiger partial charge in [-0.3, -0.25) is 4.79 Å². The molecule has 0 spiro atoms. The fourth-order valence-corrected chi connectivity index (χ4v) is 2.93. The van der Waals surface area contributed by atoms with Crippen LogP contribution in [0.25, 0.3) is 11.0 Å². The molecule has 0 unspecified atom stereocenters. The number of ketones is 1. The molecule has 0 saturated carbocycles. The summed E-state index contributed by atoms with van der Waals surface area (Å²) in [5.41, 5.74) is 0.929. The first kappa shape index (κ1) is 14.8. The van der Waals surface area contributed by atoms with Gasteiger partial charge in [-0.2, -0.15) is 0 Å². The smallest absolute Gasteiger partial charge is 0.228 e. The Labute approximate surface area is 132 Å². The molecule has 1 aromatic heterocycles. The summed E-state index contributed by atoms with van der Waals surface area (Å²) in [6, 6.07) is 12.5. The molecule has 1 heterocycles. The van der Waals surface area contributed by atoms with E-state index in [-0.39, 0.29) is 16.4 Å². The van der Waals surface area contributed by atoms with Crippen molar-refractivity contribution in [1.82, 2.24) is 0 Å². The number of rotatable bonds is 3. The molecule has 0 atom stereocenters. The van der Waals surface area contributed by atoms with Crippen LogP contribution in [0.2, 0.25) is 5.02 Å². The van der Waals surface area contributed by atoms with Gasteiger partial charge in [-0.25, -0.2) is 8.42 Å². The number of hydrogen-bond donors (Lipinski definition) is 0. The van der Waals surface area contributed by atoms with Crippen LogP contribution >= 0.6 is 11.6 Å². The molecule has 3 rings (SSSR count). The van der Waals surface area contributed by atoms with Gasteiger partial charge in [-0.1, -0.05) is 11.6 Å². The van der Waals surface area contributed by atoms with Crippen LogP contribution in [0.4, 0.5) is 0 Å². The van der Waals surface area contributed by atoms with Crippen LogP contribution in [0.3, 0.4) is 0 Å². The summed E-state index contributed by atoms with van der Waals surface area (Å²) in [6.07, 6.45) is 1.12. The van der Waals surface area contributed by atoms with E-state index in [4.69, 9.17) is 16.0 Å². The van der Waals surface area contributed by atoms with Crippen molar-refractivity contribution in [3.05, 3.63) is 64.9 Å². The van der Waals surface area contributed by atoms with Crippen molar-refractivity contribution in [2.45, 2.75) is 4.90 Å². The third-order valence-electron chi connectivity index (χ3n) is 3.25. The lowest BCUT2D eigenvalue weighted by Gasteiger charge is -2.00. The molecular weight excluding hydrogens is 324 g/mol. The Hall–Kier alpha value is -2.11. The van der Waals surface area contributed by atoms with Crippen LogP contribution in [0.1, 0.15) is 16.1 Å². The lowest BCUT2D eigenvalue weighted by atomic mass is 10.1. The molecule has 0 aliphatic heterocycles. The Kier molecular flexibility index (Phi) is 3.54. The highest BCUT2D eigenvalue weighted by Gasteiger charge is 2.16. The van der Waals surface area contributed by atoms with Gasteiger partial charge in [0.15, 0.2) is 15.6 Å². The summed E-state index contributed by atoms with van der Waals surface area (Å²) in [5.74, 6) is -0.128. The summed E-state index contributed by atoms with van der Waals surface area (Å²) >= 11 is 5.90. The Morgan fingerprint density at radius 1 is 1.05 bits per heavy atom. The van der Waals surface area contributed by atoms with Gasteiger partial charge in [-0.05, 0) is 48.5 Å². The maximum atomic E-state index is 12.4. The summed E-state index contributed by atoms with van der Waals surface area (Å²) in [7, 11) is -3.28. The molecule has 22 heavy (non-hydrogen) atoms. The van der Waals surface area contributed by atoms with Gasteiger partial charge in [0, 0.05) is 22.2 Å². The van der Waals surface area contributed by atoms with Gasteiger partial charge < -0.3 is 4.42 Å². The molecule has 112 valence electrons. The largest absolute Gasteiger partial charge is 0.453 e. The van der Waals surface area contributed by atoms with Crippen molar-refractivity contribution in [2.75, 3.05) is 6.26 Å². The van der Waals surface area contributed by atoms with Crippen molar-refractivity contribution in [2.24, 2.45) is 0 Å². The molecule has 0 aliphatic carbocycles. The second-order valence-electron chi connectivity index (χ2n) is 4.92.